The van der Waals surface area contributed by atoms with Gasteiger partial charge in [-0.3, -0.25) is 13.9 Å². The SMILES string of the molecule is Cc1cccc(Cn2c(=O)n(Cc3ccccc3)c(=O)c3nccnc32)c1. The van der Waals surface area contributed by atoms with Crippen LogP contribution >= 0.6 is 0 Å². The molecule has 6 nitrogen and oxygen atoms in total. The first-order valence-corrected chi connectivity index (χ1v) is 8.67. The van der Waals surface area contributed by atoms with Crippen LogP contribution in [0.2, 0.25) is 0 Å². The molecule has 0 unspecified atom stereocenters. The van der Waals surface area contributed by atoms with Crippen molar-refractivity contribution in [2.45, 2.75) is 20.0 Å². The smallest absolute Gasteiger partial charge is 0.272 e. The van der Waals surface area contributed by atoms with Gasteiger partial charge in [-0.1, -0.05) is 60.2 Å². The van der Waals surface area contributed by atoms with Crippen LogP contribution in [0.4, 0.5) is 0 Å². The van der Waals surface area contributed by atoms with E-state index < -0.39 is 11.2 Å². The topological polar surface area (TPSA) is 69.8 Å². The minimum atomic E-state index is -0.424. The van der Waals surface area contributed by atoms with Crippen LogP contribution in [-0.2, 0) is 13.1 Å². The standard InChI is InChI=1S/C21H18N4O2/c1-15-6-5-9-17(12-15)14-24-19-18(22-10-11-23-19)20(26)25(21(24)27)13-16-7-3-2-4-8-16/h2-12H,13-14H2,1H3. The number of fused-ring (bicyclic) bond motifs is 1. The summed E-state index contributed by atoms with van der Waals surface area (Å²) in [4.78, 5) is 34.5. The van der Waals surface area contributed by atoms with Crippen LogP contribution in [0.15, 0.2) is 76.6 Å². The zero-order valence-electron chi connectivity index (χ0n) is 14.9. The van der Waals surface area contributed by atoms with E-state index in [0.717, 1.165) is 16.7 Å². The Morgan fingerprint density at radius 3 is 2.30 bits per heavy atom. The lowest BCUT2D eigenvalue weighted by molar-refractivity contribution is 0.628. The normalized spacial score (nSPS) is 11.0. The maximum atomic E-state index is 13.2. The summed E-state index contributed by atoms with van der Waals surface area (Å²) < 4.78 is 2.74. The van der Waals surface area contributed by atoms with Crippen LogP contribution in [-0.4, -0.2) is 19.1 Å². The number of hydrogen-bond acceptors (Lipinski definition) is 4. The second kappa shape index (κ2) is 6.99. The maximum Gasteiger partial charge on any atom is 0.333 e. The van der Waals surface area contributed by atoms with E-state index in [1.165, 1.54) is 21.5 Å². The van der Waals surface area contributed by atoms with Gasteiger partial charge in [-0.05, 0) is 18.1 Å². The molecule has 0 aliphatic rings. The van der Waals surface area contributed by atoms with Gasteiger partial charge >= 0.3 is 5.69 Å². The third-order valence-corrected chi connectivity index (χ3v) is 4.45. The van der Waals surface area contributed by atoms with Crippen molar-refractivity contribution in [2.24, 2.45) is 0 Å². The molecule has 2 heterocycles. The molecule has 0 spiro atoms. The van der Waals surface area contributed by atoms with Gasteiger partial charge in [0.05, 0.1) is 13.1 Å². The van der Waals surface area contributed by atoms with E-state index in [4.69, 9.17) is 0 Å². The van der Waals surface area contributed by atoms with Crippen LogP contribution in [0, 0.1) is 6.92 Å². The Labute approximate surface area is 155 Å². The zero-order valence-corrected chi connectivity index (χ0v) is 14.9. The minimum Gasteiger partial charge on any atom is -0.272 e. The van der Waals surface area contributed by atoms with Gasteiger partial charge in [-0.15, -0.1) is 0 Å². The van der Waals surface area contributed by atoms with Gasteiger partial charge < -0.3 is 0 Å². The molecule has 134 valence electrons. The molecule has 4 aromatic rings. The van der Waals surface area contributed by atoms with Gasteiger partial charge in [0.25, 0.3) is 5.56 Å². The molecule has 0 N–H and O–H groups in total. The van der Waals surface area contributed by atoms with E-state index in [9.17, 15) is 9.59 Å². The first kappa shape index (κ1) is 16.9. The number of nitrogens with zero attached hydrogens (tertiary/aromatic N) is 4. The second-order valence-corrected chi connectivity index (χ2v) is 6.46. The number of hydrogen-bond donors (Lipinski definition) is 0. The monoisotopic (exact) mass is 358 g/mol. The van der Waals surface area contributed by atoms with E-state index in [2.05, 4.69) is 9.97 Å². The highest BCUT2D eigenvalue weighted by molar-refractivity contribution is 5.68. The van der Waals surface area contributed by atoms with Crippen LogP contribution < -0.4 is 11.2 Å². The molecule has 2 aromatic heterocycles. The molecule has 6 heteroatoms. The number of rotatable bonds is 4. The third-order valence-electron chi connectivity index (χ3n) is 4.45. The van der Waals surface area contributed by atoms with Crippen LogP contribution in [0.25, 0.3) is 11.2 Å². The molecule has 2 aromatic carbocycles. The van der Waals surface area contributed by atoms with Crippen LogP contribution in [0.5, 0.6) is 0 Å². The number of aromatic nitrogens is 4. The fraction of sp³-hybridized carbons (Fsp3) is 0.143. The summed E-state index contributed by atoms with van der Waals surface area (Å²) >= 11 is 0. The van der Waals surface area contributed by atoms with Gasteiger partial charge in [-0.25, -0.2) is 14.8 Å². The molecule has 0 radical (unpaired) electrons. The molecule has 27 heavy (non-hydrogen) atoms. The molecule has 0 bridgehead atoms. The quantitative estimate of drug-likeness (QED) is 0.562. The fourth-order valence-electron chi connectivity index (χ4n) is 3.17. The van der Waals surface area contributed by atoms with Gasteiger partial charge in [-0.2, -0.15) is 0 Å². The highest BCUT2D eigenvalue weighted by Gasteiger charge is 2.15. The molecular weight excluding hydrogens is 340 g/mol. The molecule has 0 amide bonds. The summed E-state index contributed by atoms with van der Waals surface area (Å²) in [5.74, 6) is 0. The Morgan fingerprint density at radius 1 is 0.815 bits per heavy atom. The molecule has 0 fully saturated rings. The van der Waals surface area contributed by atoms with Crippen LogP contribution in [0.3, 0.4) is 0 Å². The number of aryl methyl sites for hydroxylation is 1. The van der Waals surface area contributed by atoms with E-state index >= 15 is 0 Å². The van der Waals surface area contributed by atoms with Crippen molar-refractivity contribution >= 4 is 11.2 Å². The first-order chi connectivity index (χ1) is 13.1. The lowest BCUT2D eigenvalue weighted by atomic mass is 10.1. The summed E-state index contributed by atoms with van der Waals surface area (Å²) in [5, 5.41) is 0. The Hall–Kier alpha value is -3.54. The van der Waals surface area contributed by atoms with E-state index in [1.54, 1.807) is 0 Å². The van der Waals surface area contributed by atoms with Gasteiger partial charge in [0.2, 0.25) is 0 Å². The summed E-state index contributed by atoms with van der Waals surface area (Å²) in [6, 6.07) is 17.3. The summed E-state index contributed by atoms with van der Waals surface area (Å²) in [6.07, 6.45) is 2.97. The summed E-state index contributed by atoms with van der Waals surface area (Å²) in [7, 11) is 0. The molecule has 0 aliphatic carbocycles. The highest BCUT2D eigenvalue weighted by atomic mass is 16.2. The fourth-order valence-corrected chi connectivity index (χ4v) is 3.17. The van der Waals surface area contributed by atoms with Crippen molar-refractivity contribution in [3.05, 3.63) is 105 Å². The van der Waals surface area contributed by atoms with Crippen molar-refractivity contribution in [1.29, 1.82) is 0 Å². The Bertz CT molecular complexity index is 1230. The van der Waals surface area contributed by atoms with Gasteiger partial charge in [0.15, 0.2) is 11.2 Å². The summed E-state index contributed by atoms with van der Waals surface area (Å²) in [5.41, 5.74) is 2.63. The second-order valence-electron chi connectivity index (χ2n) is 6.46. The van der Waals surface area contributed by atoms with Crippen molar-refractivity contribution < 1.29 is 0 Å². The zero-order chi connectivity index (χ0) is 18.8. The van der Waals surface area contributed by atoms with E-state index in [-0.39, 0.29) is 12.1 Å². The number of benzene rings is 2. The molecular formula is C21H18N4O2. The predicted octanol–water partition coefficient (Wildman–Crippen LogP) is 2.36. The maximum absolute atomic E-state index is 13.2. The largest absolute Gasteiger partial charge is 0.333 e. The molecule has 0 saturated heterocycles. The Morgan fingerprint density at radius 2 is 1.52 bits per heavy atom. The van der Waals surface area contributed by atoms with Gasteiger partial charge in [0.1, 0.15) is 0 Å². The average molecular weight is 358 g/mol. The highest BCUT2D eigenvalue weighted by Crippen LogP contribution is 2.09. The van der Waals surface area contributed by atoms with Crippen molar-refractivity contribution in [3.63, 3.8) is 0 Å². The van der Waals surface area contributed by atoms with E-state index in [0.29, 0.717) is 12.2 Å². The molecule has 0 saturated carbocycles. The Balaban J connectivity index is 1.92. The minimum absolute atomic E-state index is 0.193. The van der Waals surface area contributed by atoms with Crippen molar-refractivity contribution in [2.75, 3.05) is 0 Å². The lowest BCUT2D eigenvalue weighted by Gasteiger charge is -2.13. The first-order valence-electron chi connectivity index (χ1n) is 8.67. The van der Waals surface area contributed by atoms with Crippen molar-refractivity contribution in [3.8, 4) is 0 Å². The predicted molar refractivity (Wildman–Crippen MR) is 104 cm³/mol. The Kier molecular flexibility index (Phi) is 4.38. The molecule has 0 aliphatic heterocycles. The van der Waals surface area contributed by atoms with E-state index in [1.807, 2.05) is 61.5 Å². The van der Waals surface area contributed by atoms with Crippen LogP contribution in [0.1, 0.15) is 16.7 Å². The van der Waals surface area contributed by atoms with Crippen molar-refractivity contribution in [1.82, 2.24) is 19.1 Å². The van der Waals surface area contributed by atoms with Gasteiger partial charge in [0, 0.05) is 12.4 Å². The lowest BCUT2D eigenvalue weighted by Crippen LogP contribution is -2.41. The molecule has 0 atom stereocenters. The average Bonchev–Trinajstić information content (AvgIpc) is 2.69. The summed E-state index contributed by atoms with van der Waals surface area (Å²) in [6.45, 7) is 2.52. The molecule has 4 rings (SSSR count). The third kappa shape index (κ3) is 3.29.